The number of hydrogen-bond donors (Lipinski definition) is 0. The first-order chi connectivity index (χ1) is 19.2. The molecule has 0 radical (unpaired) electrons. The maximum absolute atomic E-state index is 4.70. The lowest BCUT2D eigenvalue weighted by atomic mass is 10.1. The molecule has 0 spiro atoms. The monoisotopic (exact) mass is 503 g/mol. The van der Waals surface area contributed by atoms with E-state index in [2.05, 4.69) is 126 Å². The highest BCUT2D eigenvalue weighted by molar-refractivity contribution is 6.09. The van der Waals surface area contributed by atoms with Gasteiger partial charge >= 0.3 is 0 Å². The van der Waals surface area contributed by atoms with Crippen molar-refractivity contribution in [2.24, 2.45) is 0 Å². The average Bonchev–Trinajstić information content (AvgIpc) is 3.33. The normalized spacial score (nSPS) is 10.8. The van der Waals surface area contributed by atoms with E-state index >= 15 is 0 Å². The summed E-state index contributed by atoms with van der Waals surface area (Å²) in [6.07, 6.45) is 0. The van der Waals surface area contributed by atoms with Crippen molar-refractivity contribution in [2.45, 2.75) is 13.8 Å². The third kappa shape index (κ3) is 5.07. The Bertz CT molecular complexity index is 1820. The van der Waals surface area contributed by atoms with Gasteiger partial charge in [0.1, 0.15) is 0 Å². The quantitative estimate of drug-likeness (QED) is 0.241. The molecular weight excluding hydrogens is 474 g/mol. The molecule has 0 saturated carbocycles. The van der Waals surface area contributed by atoms with Crippen molar-refractivity contribution in [3.8, 4) is 28.3 Å². The number of aromatic nitrogens is 3. The molecule has 0 aliphatic heterocycles. The van der Waals surface area contributed by atoms with Crippen LogP contribution >= 0.6 is 0 Å². The van der Waals surface area contributed by atoms with E-state index in [1.807, 2.05) is 37.3 Å². The summed E-state index contributed by atoms with van der Waals surface area (Å²) in [6.45, 7) is 4.09. The van der Waals surface area contributed by atoms with E-state index in [4.69, 9.17) is 4.98 Å². The smallest absolute Gasteiger partial charge is 0.160 e. The molecule has 188 valence electrons. The SMILES string of the molecule is Cc1cccc(-c2nc(C)cc(-c3ccccc3)n2)c1.c1ccc(-n2c3ccccc3c3ccccc32)cc1. The van der Waals surface area contributed by atoms with Gasteiger partial charge in [0.15, 0.2) is 5.82 Å². The summed E-state index contributed by atoms with van der Waals surface area (Å²) in [5, 5.41) is 2.61. The highest BCUT2D eigenvalue weighted by Crippen LogP contribution is 2.31. The Balaban J connectivity index is 0.000000142. The molecule has 3 nitrogen and oxygen atoms in total. The first-order valence-corrected chi connectivity index (χ1v) is 13.2. The standard InChI is InChI=1S/C18H16N2.C18H13N/c1-13-7-6-10-16(11-13)18-19-14(2)12-17(20-18)15-8-4-3-5-9-15;1-2-8-14(9-3-1)19-17-12-6-4-10-15(17)16-11-5-7-13-18(16)19/h3-12H,1-2H3;1-13H. The molecule has 5 aromatic carbocycles. The molecule has 0 saturated heterocycles. The Labute approximate surface area is 229 Å². The zero-order valence-corrected chi connectivity index (χ0v) is 22.1. The Hall–Kier alpha value is -5.02. The number of aryl methyl sites for hydroxylation is 2. The van der Waals surface area contributed by atoms with E-state index in [1.54, 1.807) is 0 Å². The van der Waals surface area contributed by atoms with E-state index in [9.17, 15) is 0 Å². The minimum absolute atomic E-state index is 0.785. The van der Waals surface area contributed by atoms with Gasteiger partial charge in [0.2, 0.25) is 0 Å². The fourth-order valence-corrected chi connectivity index (χ4v) is 5.02. The number of para-hydroxylation sites is 3. The van der Waals surface area contributed by atoms with Crippen LogP contribution in [0.15, 0.2) is 140 Å². The van der Waals surface area contributed by atoms with Gasteiger partial charge in [-0.05, 0) is 50.2 Å². The van der Waals surface area contributed by atoms with Crippen LogP contribution in [0.2, 0.25) is 0 Å². The van der Waals surface area contributed by atoms with E-state index in [0.29, 0.717) is 0 Å². The summed E-state index contributed by atoms with van der Waals surface area (Å²) in [4.78, 5) is 9.26. The van der Waals surface area contributed by atoms with Crippen LogP contribution in [-0.2, 0) is 0 Å². The molecule has 0 amide bonds. The van der Waals surface area contributed by atoms with Crippen LogP contribution in [0.5, 0.6) is 0 Å². The summed E-state index contributed by atoms with van der Waals surface area (Å²) in [6, 6.07) is 48.2. The summed E-state index contributed by atoms with van der Waals surface area (Å²) in [7, 11) is 0. The first-order valence-electron chi connectivity index (χ1n) is 13.2. The second-order valence-corrected chi connectivity index (χ2v) is 9.66. The van der Waals surface area contributed by atoms with Gasteiger partial charge in [0.05, 0.1) is 16.7 Å². The van der Waals surface area contributed by atoms with Crippen LogP contribution in [0.25, 0.3) is 50.1 Å². The number of hydrogen-bond acceptors (Lipinski definition) is 2. The maximum atomic E-state index is 4.70. The molecule has 0 atom stereocenters. The van der Waals surface area contributed by atoms with Crippen LogP contribution < -0.4 is 0 Å². The lowest BCUT2D eigenvalue weighted by Crippen LogP contribution is -1.95. The zero-order valence-electron chi connectivity index (χ0n) is 22.1. The van der Waals surface area contributed by atoms with Crippen molar-refractivity contribution in [1.29, 1.82) is 0 Å². The van der Waals surface area contributed by atoms with E-state index < -0.39 is 0 Å². The first kappa shape index (κ1) is 24.3. The number of fused-ring (bicyclic) bond motifs is 3. The second kappa shape index (κ2) is 10.8. The van der Waals surface area contributed by atoms with Gasteiger partial charge in [-0.1, -0.05) is 109 Å². The number of rotatable bonds is 3. The van der Waals surface area contributed by atoms with Crippen molar-refractivity contribution in [2.75, 3.05) is 0 Å². The molecule has 0 aliphatic carbocycles. The van der Waals surface area contributed by atoms with Gasteiger partial charge in [-0.15, -0.1) is 0 Å². The van der Waals surface area contributed by atoms with Crippen molar-refractivity contribution >= 4 is 21.8 Å². The lowest BCUT2D eigenvalue weighted by molar-refractivity contribution is 1.11. The number of benzene rings is 5. The van der Waals surface area contributed by atoms with E-state index in [1.165, 1.54) is 33.1 Å². The molecule has 2 heterocycles. The Morgan fingerprint density at radius 2 is 1.05 bits per heavy atom. The van der Waals surface area contributed by atoms with Crippen molar-refractivity contribution < 1.29 is 0 Å². The molecule has 0 N–H and O–H groups in total. The molecule has 7 aromatic rings. The van der Waals surface area contributed by atoms with E-state index in [0.717, 1.165) is 28.3 Å². The molecule has 7 rings (SSSR count). The molecule has 0 bridgehead atoms. The van der Waals surface area contributed by atoms with Gasteiger partial charge in [0.25, 0.3) is 0 Å². The molecule has 0 aliphatic rings. The molecule has 3 heteroatoms. The zero-order chi connectivity index (χ0) is 26.6. The van der Waals surface area contributed by atoms with Crippen molar-refractivity contribution in [1.82, 2.24) is 14.5 Å². The third-order valence-electron chi connectivity index (χ3n) is 6.79. The number of nitrogens with zero attached hydrogens (tertiary/aromatic N) is 3. The molecule has 0 fully saturated rings. The second-order valence-electron chi connectivity index (χ2n) is 9.66. The minimum atomic E-state index is 0.785. The van der Waals surface area contributed by atoms with Crippen LogP contribution in [0.4, 0.5) is 0 Å². The predicted octanol–water partition coefficient (Wildman–Crippen LogP) is 9.21. The molecule has 2 aromatic heterocycles. The Morgan fingerprint density at radius 1 is 0.487 bits per heavy atom. The minimum Gasteiger partial charge on any atom is -0.309 e. The highest BCUT2D eigenvalue weighted by atomic mass is 15.0. The van der Waals surface area contributed by atoms with Gasteiger partial charge < -0.3 is 4.57 Å². The van der Waals surface area contributed by atoms with Gasteiger partial charge in [0, 0.05) is 33.3 Å². The Kier molecular flexibility index (Phi) is 6.71. The van der Waals surface area contributed by atoms with Gasteiger partial charge in [-0.25, -0.2) is 9.97 Å². The lowest BCUT2D eigenvalue weighted by Gasteiger charge is -2.07. The summed E-state index contributed by atoms with van der Waals surface area (Å²) < 4.78 is 2.32. The molecule has 39 heavy (non-hydrogen) atoms. The largest absolute Gasteiger partial charge is 0.309 e. The average molecular weight is 504 g/mol. The summed E-state index contributed by atoms with van der Waals surface area (Å²) in [5.41, 5.74) is 9.07. The van der Waals surface area contributed by atoms with Gasteiger partial charge in [-0.2, -0.15) is 0 Å². The predicted molar refractivity (Wildman–Crippen MR) is 163 cm³/mol. The van der Waals surface area contributed by atoms with Gasteiger partial charge in [-0.3, -0.25) is 0 Å². The topological polar surface area (TPSA) is 30.7 Å². The van der Waals surface area contributed by atoms with Crippen LogP contribution in [0.1, 0.15) is 11.3 Å². The molecule has 0 unspecified atom stereocenters. The van der Waals surface area contributed by atoms with Crippen LogP contribution in [-0.4, -0.2) is 14.5 Å². The maximum Gasteiger partial charge on any atom is 0.160 e. The van der Waals surface area contributed by atoms with Crippen molar-refractivity contribution in [3.05, 3.63) is 151 Å². The van der Waals surface area contributed by atoms with E-state index in [-0.39, 0.29) is 0 Å². The molecular formula is C36H29N3. The van der Waals surface area contributed by atoms with Crippen LogP contribution in [0, 0.1) is 13.8 Å². The fourth-order valence-electron chi connectivity index (χ4n) is 5.02. The third-order valence-corrected chi connectivity index (χ3v) is 6.79. The highest BCUT2D eigenvalue weighted by Gasteiger charge is 2.10. The summed E-state index contributed by atoms with van der Waals surface area (Å²) in [5.74, 6) is 0.785. The van der Waals surface area contributed by atoms with Crippen molar-refractivity contribution in [3.63, 3.8) is 0 Å². The summed E-state index contributed by atoms with van der Waals surface area (Å²) >= 11 is 0. The Morgan fingerprint density at radius 3 is 1.69 bits per heavy atom. The fraction of sp³-hybridized carbons (Fsp3) is 0.0556. The van der Waals surface area contributed by atoms with Crippen LogP contribution in [0.3, 0.4) is 0 Å².